The summed E-state index contributed by atoms with van der Waals surface area (Å²) in [7, 11) is 0. The minimum atomic E-state index is -0.505. The van der Waals surface area contributed by atoms with Gasteiger partial charge in [0.05, 0.1) is 31.0 Å². The van der Waals surface area contributed by atoms with Gasteiger partial charge in [0, 0.05) is 25.8 Å². The van der Waals surface area contributed by atoms with E-state index in [0.717, 1.165) is 19.3 Å². The highest BCUT2D eigenvalue weighted by molar-refractivity contribution is 5.52. The Morgan fingerprint density at radius 3 is 2.95 bits per heavy atom. The summed E-state index contributed by atoms with van der Waals surface area (Å²) in [5.41, 5.74) is 6.31. The molecule has 1 unspecified atom stereocenters. The molecule has 112 valence electrons. The van der Waals surface area contributed by atoms with Crippen molar-refractivity contribution in [3.05, 3.63) is 30.1 Å². The van der Waals surface area contributed by atoms with Gasteiger partial charge < -0.3 is 15.0 Å². The number of rotatable bonds is 4. The number of ether oxygens (including phenoxy) is 1. The third kappa shape index (κ3) is 3.23. The SMILES string of the molecule is NC(CN1CCOCC1)c1noc(-c2ccncc2F)n1. The highest BCUT2D eigenvalue weighted by Crippen LogP contribution is 2.21. The largest absolute Gasteiger partial charge is 0.379 e. The lowest BCUT2D eigenvalue weighted by molar-refractivity contribution is 0.0348. The number of aromatic nitrogens is 3. The van der Waals surface area contributed by atoms with Crippen molar-refractivity contribution >= 4 is 0 Å². The van der Waals surface area contributed by atoms with Crippen LogP contribution >= 0.6 is 0 Å². The standard InChI is InChI=1S/C13H16FN5O2/c14-10-7-16-2-1-9(10)13-17-12(18-21-13)11(15)8-19-3-5-20-6-4-19/h1-2,7,11H,3-6,8,15H2. The molecule has 3 heterocycles. The summed E-state index contributed by atoms with van der Waals surface area (Å²) in [4.78, 5) is 10.0. The van der Waals surface area contributed by atoms with E-state index in [1.807, 2.05) is 0 Å². The van der Waals surface area contributed by atoms with E-state index in [1.54, 1.807) is 0 Å². The first-order valence-electron chi connectivity index (χ1n) is 6.73. The second-order valence-corrected chi connectivity index (χ2v) is 4.83. The molecule has 0 aliphatic carbocycles. The van der Waals surface area contributed by atoms with Gasteiger partial charge in [-0.2, -0.15) is 4.98 Å². The van der Waals surface area contributed by atoms with Gasteiger partial charge in [0.15, 0.2) is 11.6 Å². The summed E-state index contributed by atoms with van der Waals surface area (Å²) in [6, 6.07) is 1.10. The molecule has 0 spiro atoms. The van der Waals surface area contributed by atoms with Gasteiger partial charge in [-0.05, 0) is 6.07 Å². The highest BCUT2D eigenvalue weighted by atomic mass is 19.1. The summed E-state index contributed by atoms with van der Waals surface area (Å²) in [6.45, 7) is 3.68. The van der Waals surface area contributed by atoms with Crippen LogP contribution < -0.4 is 5.73 Å². The maximum Gasteiger partial charge on any atom is 0.261 e. The first-order chi connectivity index (χ1) is 10.2. The number of halogens is 1. The maximum absolute atomic E-state index is 13.6. The fourth-order valence-corrected chi connectivity index (χ4v) is 2.19. The van der Waals surface area contributed by atoms with Gasteiger partial charge in [-0.15, -0.1) is 0 Å². The Morgan fingerprint density at radius 1 is 1.38 bits per heavy atom. The lowest BCUT2D eigenvalue weighted by atomic mass is 10.2. The zero-order valence-corrected chi connectivity index (χ0v) is 11.4. The highest BCUT2D eigenvalue weighted by Gasteiger charge is 2.21. The Morgan fingerprint density at radius 2 is 2.19 bits per heavy atom. The molecule has 2 aromatic heterocycles. The number of pyridine rings is 1. The minimum absolute atomic E-state index is 0.113. The third-order valence-corrected chi connectivity index (χ3v) is 3.33. The van der Waals surface area contributed by atoms with E-state index >= 15 is 0 Å². The molecule has 8 heteroatoms. The van der Waals surface area contributed by atoms with E-state index in [1.165, 1.54) is 12.3 Å². The van der Waals surface area contributed by atoms with Crippen LogP contribution in [-0.4, -0.2) is 52.9 Å². The van der Waals surface area contributed by atoms with E-state index in [-0.39, 0.29) is 17.5 Å². The second kappa shape index (κ2) is 6.25. The fraction of sp³-hybridized carbons (Fsp3) is 0.462. The molecule has 21 heavy (non-hydrogen) atoms. The lowest BCUT2D eigenvalue weighted by Crippen LogP contribution is -2.40. The van der Waals surface area contributed by atoms with Crippen molar-refractivity contribution in [2.24, 2.45) is 5.73 Å². The van der Waals surface area contributed by atoms with E-state index in [4.69, 9.17) is 15.0 Å². The van der Waals surface area contributed by atoms with Crippen molar-refractivity contribution in [1.82, 2.24) is 20.0 Å². The van der Waals surface area contributed by atoms with Gasteiger partial charge in [0.2, 0.25) is 0 Å². The van der Waals surface area contributed by atoms with Gasteiger partial charge >= 0.3 is 0 Å². The number of hydrogen-bond acceptors (Lipinski definition) is 7. The van der Waals surface area contributed by atoms with Crippen molar-refractivity contribution in [3.8, 4) is 11.5 Å². The molecule has 1 aliphatic rings. The minimum Gasteiger partial charge on any atom is -0.379 e. The van der Waals surface area contributed by atoms with Crippen LogP contribution in [-0.2, 0) is 4.74 Å². The summed E-state index contributed by atoms with van der Waals surface area (Å²) in [5, 5.41) is 3.84. The van der Waals surface area contributed by atoms with Crippen LogP contribution in [0.3, 0.4) is 0 Å². The van der Waals surface area contributed by atoms with Crippen LogP contribution in [0.25, 0.3) is 11.5 Å². The first kappa shape index (κ1) is 14.1. The number of hydrogen-bond donors (Lipinski definition) is 1. The Bertz CT molecular complexity index is 600. The quantitative estimate of drug-likeness (QED) is 0.882. The predicted molar refractivity (Wildman–Crippen MR) is 71.7 cm³/mol. The zero-order chi connectivity index (χ0) is 14.7. The Kier molecular flexibility index (Phi) is 4.18. The molecule has 0 aromatic carbocycles. The first-order valence-corrected chi connectivity index (χ1v) is 6.73. The smallest absolute Gasteiger partial charge is 0.261 e. The normalized spacial score (nSPS) is 17.8. The van der Waals surface area contributed by atoms with E-state index in [9.17, 15) is 4.39 Å². The maximum atomic E-state index is 13.6. The molecule has 1 saturated heterocycles. The summed E-state index contributed by atoms with van der Waals surface area (Å²) in [6.07, 6.45) is 2.57. The molecule has 1 fully saturated rings. The molecule has 0 radical (unpaired) electrons. The van der Waals surface area contributed by atoms with Crippen LogP contribution in [0.5, 0.6) is 0 Å². The predicted octanol–water partition coefficient (Wildman–Crippen LogP) is 0.603. The average molecular weight is 293 g/mol. The monoisotopic (exact) mass is 293 g/mol. The number of nitrogens with zero attached hydrogens (tertiary/aromatic N) is 4. The molecule has 0 bridgehead atoms. The van der Waals surface area contributed by atoms with Crippen LogP contribution in [0.15, 0.2) is 23.0 Å². The molecule has 7 nitrogen and oxygen atoms in total. The zero-order valence-electron chi connectivity index (χ0n) is 11.4. The van der Waals surface area contributed by atoms with Crippen molar-refractivity contribution < 1.29 is 13.7 Å². The van der Waals surface area contributed by atoms with Crippen molar-refractivity contribution in [3.63, 3.8) is 0 Å². The fourth-order valence-electron chi connectivity index (χ4n) is 2.19. The van der Waals surface area contributed by atoms with Crippen molar-refractivity contribution in [1.29, 1.82) is 0 Å². The van der Waals surface area contributed by atoms with Crippen molar-refractivity contribution in [2.45, 2.75) is 6.04 Å². The van der Waals surface area contributed by atoms with E-state index in [0.29, 0.717) is 25.6 Å². The molecule has 2 N–H and O–H groups in total. The molecule has 0 saturated carbocycles. The molecule has 2 aromatic rings. The van der Waals surface area contributed by atoms with Crippen LogP contribution in [0, 0.1) is 5.82 Å². The molecule has 3 rings (SSSR count). The van der Waals surface area contributed by atoms with E-state index < -0.39 is 5.82 Å². The molecule has 0 amide bonds. The van der Waals surface area contributed by atoms with Gasteiger partial charge in [0.25, 0.3) is 5.89 Å². The molecule has 1 atom stereocenters. The topological polar surface area (TPSA) is 90.3 Å². The third-order valence-electron chi connectivity index (χ3n) is 3.33. The Hall–Kier alpha value is -1.90. The Labute approximate surface area is 120 Å². The summed E-state index contributed by atoms with van der Waals surface area (Å²) >= 11 is 0. The average Bonchev–Trinajstić information content (AvgIpc) is 2.98. The van der Waals surface area contributed by atoms with Crippen LogP contribution in [0.4, 0.5) is 4.39 Å². The molecular formula is C13H16FN5O2. The van der Waals surface area contributed by atoms with E-state index in [2.05, 4.69) is 20.0 Å². The van der Waals surface area contributed by atoms with Crippen LogP contribution in [0.1, 0.15) is 11.9 Å². The van der Waals surface area contributed by atoms with Gasteiger partial charge in [-0.3, -0.25) is 9.88 Å². The van der Waals surface area contributed by atoms with Gasteiger partial charge in [0.1, 0.15) is 0 Å². The number of nitrogens with two attached hydrogens (primary N) is 1. The number of morpholine rings is 1. The summed E-state index contributed by atoms with van der Waals surface area (Å²) < 4.78 is 24.0. The molecular weight excluding hydrogens is 277 g/mol. The Balaban J connectivity index is 1.71. The molecule has 1 aliphatic heterocycles. The van der Waals surface area contributed by atoms with Gasteiger partial charge in [-0.1, -0.05) is 5.16 Å². The second-order valence-electron chi connectivity index (χ2n) is 4.83. The lowest BCUT2D eigenvalue weighted by Gasteiger charge is -2.27. The van der Waals surface area contributed by atoms with Gasteiger partial charge in [-0.25, -0.2) is 4.39 Å². The van der Waals surface area contributed by atoms with Crippen molar-refractivity contribution in [2.75, 3.05) is 32.8 Å². The summed E-state index contributed by atoms with van der Waals surface area (Å²) in [5.74, 6) is -0.0236. The van der Waals surface area contributed by atoms with Crippen LogP contribution in [0.2, 0.25) is 0 Å².